The molecule has 22 heavy (non-hydrogen) atoms. The molecule has 0 amide bonds. The molecule has 110 valence electrons. The van der Waals surface area contributed by atoms with Crippen molar-refractivity contribution in [3.8, 4) is 17.1 Å². The van der Waals surface area contributed by atoms with Crippen LogP contribution in [0.3, 0.4) is 0 Å². The van der Waals surface area contributed by atoms with Crippen molar-refractivity contribution in [1.29, 1.82) is 0 Å². The lowest BCUT2D eigenvalue weighted by Crippen LogP contribution is -1.96. The second-order valence-electron chi connectivity index (χ2n) is 4.85. The highest BCUT2D eigenvalue weighted by Gasteiger charge is 2.07. The molecule has 3 rings (SSSR count). The zero-order chi connectivity index (χ0) is 15.4. The Morgan fingerprint density at radius 2 is 1.82 bits per heavy atom. The number of Topliss-reactive ketones (excluding diaryl/α,β-unsaturated/α-hetero) is 1. The number of benzene rings is 2. The maximum atomic E-state index is 11.2. The van der Waals surface area contributed by atoms with Crippen LogP contribution >= 0.6 is 0 Å². The number of nitrogens with zero attached hydrogens (tertiary/aromatic N) is 1. The van der Waals surface area contributed by atoms with Gasteiger partial charge in [-0.05, 0) is 31.2 Å². The highest BCUT2D eigenvalue weighted by Crippen LogP contribution is 2.21. The number of ketones is 1. The molecule has 0 aliphatic rings. The van der Waals surface area contributed by atoms with Gasteiger partial charge in [0.15, 0.2) is 18.2 Å². The van der Waals surface area contributed by atoms with E-state index < -0.39 is 0 Å². The van der Waals surface area contributed by atoms with Crippen LogP contribution in [0.25, 0.3) is 11.3 Å². The van der Waals surface area contributed by atoms with Crippen molar-refractivity contribution >= 4 is 5.78 Å². The number of rotatable bonds is 5. The van der Waals surface area contributed by atoms with Crippen LogP contribution in [-0.2, 0) is 6.61 Å². The van der Waals surface area contributed by atoms with Gasteiger partial charge in [0.2, 0.25) is 5.89 Å². The average molecular weight is 293 g/mol. The molecule has 0 N–H and O–H groups in total. The molecule has 0 aliphatic carbocycles. The Hall–Kier alpha value is -2.88. The Morgan fingerprint density at radius 3 is 2.50 bits per heavy atom. The van der Waals surface area contributed by atoms with Crippen LogP contribution in [0, 0.1) is 0 Å². The Kier molecular flexibility index (Phi) is 4.01. The molecule has 3 aromatic rings. The fourth-order valence-corrected chi connectivity index (χ4v) is 2.04. The lowest BCUT2D eigenvalue weighted by atomic mass is 10.1. The summed E-state index contributed by atoms with van der Waals surface area (Å²) in [7, 11) is 0. The number of hydrogen-bond donors (Lipinski definition) is 0. The first-order valence-corrected chi connectivity index (χ1v) is 6.96. The van der Waals surface area contributed by atoms with Crippen LogP contribution < -0.4 is 4.74 Å². The summed E-state index contributed by atoms with van der Waals surface area (Å²) in [6, 6.07) is 16.8. The molecule has 2 aromatic carbocycles. The molecular weight excluding hydrogens is 278 g/mol. The van der Waals surface area contributed by atoms with Crippen molar-refractivity contribution in [2.75, 3.05) is 0 Å². The first kappa shape index (κ1) is 14.1. The summed E-state index contributed by atoms with van der Waals surface area (Å²) in [5.41, 5.74) is 1.64. The molecule has 0 unspecified atom stereocenters. The summed E-state index contributed by atoms with van der Waals surface area (Å²) in [6.07, 6.45) is 1.69. The molecule has 0 bridgehead atoms. The Morgan fingerprint density at radius 1 is 1.09 bits per heavy atom. The molecule has 0 aliphatic heterocycles. The minimum atomic E-state index is 0.0340. The highest BCUT2D eigenvalue weighted by molar-refractivity contribution is 5.94. The van der Waals surface area contributed by atoms with Crippen molar-refractivity contribution in [1.82, 2.24) is 4.98 Å². The van der Waals surface area contributed by atoms with Crippen LogP contribution in [0.1, 0.15) is 23.2 Å². The standard InChI is InChI=1S/C18H15NO3/c1-13(20)14-7-9-16(10-8-14)21-12-18-19-11-17(22-18)15-5-3-2-4-6-15/h2-11H,12H2,1H3. The summed E-state index contributed by atoms with van der Waals surface area (Å²) in [4.78, 5) is 15.4. The van der Waals surface area contributed by atoms with Gasteiger partial charge in [0.1, 0.15) is 5.75 Å². The molecule has 0 fully saturated rings. The molecule has 0 radical (unpaired) electrons. The van der Waals surface area contributed by atoms with Crippen molar-refractivity contribution in [3.05, 3.63) is 72.2 Å². The van der Waals surface area contributed by atoms with E-state index in [0.717, 1.165) is 5.56 Å². The van der Waals surface area contributed by atoms with Gasteiger partial charge < -0.3 is 9.15 Å². The largest absolute Gasteiger partial charge is 0.484 e. The molecule has 1 aromatic heterocycles. The SMILES string of the molecule is CC(=O)c1ccc(OCc2ncc(-c3ccccc3)o2)cc1. The van der Waals surface area contributed by atoms with Gasteiger partial charge in [-0.15, -0.1) is 0 Å². The van der Waals surface area contributed by atoms with Crippen molar-refractivity contribution in [2.24, 2.45) is 0 Å². The van der Waals surface area contributed by atoms with E-state index in [2.05, 4.69) is 4.98 Å². The van der Waals surface area contributed by atoms with E-state index >= 15 is 0 Å². The van der Waals surface area contributed by atoms with E-state index in [4.69, 9.17) is 9.15 Å². The van der Waals surface area contributed by atoms with Crippen LogP contribution in [0.4, 0.5) is 0 Å². The van der Waals surface area contributed by atoms with Crippen molar-refractivity contribution in [3.63, 3.8) is 0 Å². The van der Waals surface area contributed by atoms with Gasteiger partial charge >= 0.3 is 0 Å². The van der Waals surface area contributed by atoms with E-state index in [0.29, 0.717) is 23.0 Å². The second-order valence-corrected chi connectivity index (χ2v) is 4.85. The summed E-state index contributed by atoms with van der Waals surface area (Å²) in [5.74, 6) is 1.93. The summed E-state index contributed by atoms with van der Waals surface area (Å²) in [5, 5.41) is 0. The molecule has 4 nitrogen and oxygen atoms in total. The Balaban J connectivity index is 1.65. The minimum Gasteiger partial charge on any atom is -0.484 e. The molecule has 4 heteroatoms. The third-order valence-corrected chi connectivity index (χ3v) is 3.24. The van der Waals surface area contributed by atoms with Crippen LogP contribution in [0.5, 0.6) is 5.75 Å². The van der Waals surface area contributed by atoms with Crippen molar-refractivity contribution < 1.29 is 13.9 Å². The van der Waals surface area contributed by atoms with Gasteiger partial charge in [-0.2, -0.15) is 0 Å². The monoisotopic (exact) mass is 293 g/mol. The third kappa shape index (κ3) is 3.23. The maximum absolute atomic E-state index is 11.2. The summed E-state index contributed by atoms with van der Waals surface area (Å²) < 4.78 is 11.3. The number of aromatic nitrogens is 1. The minimum absolute atomic E-state index is 0.0340. The van der Waals surface area contributed by atoms with E-state index in [9.17, 15) is 4.79 Å². The van der Waals surface area contributed by atoms with E-state index in [1.807, 2.05) is 30.3 Å². The van der Waals surface area contributed by atoms with E-state index in [1.165, 1.54) is 6.92 Å². The van der Waals surface area contributed by atoms with Gasteiger partial charge in [-0.1, -0.05) is 30.3 Å². The zero-order valence-electron chi connectivity index (χ0n) is 12.2. The van der Waals surface area contributed by atoms with Gasteiger partial charge in [0, 0.05) is 11.1 Å². The van der Waals surface area contributed by atoms with Crippen molar-refractivity contribution in [2.45, 2.75) is 13.5 Å². The third-order valence-electron chi connectivity index (χ3n) is 3.24. The van der Waals surface area contributed by atoms with Gasteiger partial charge in [0.05, 0.1) is 6.20 Å². The van der Waals surface area contributed by atoms with Crippen LogP contribution in [0.15, 0.2) is 65.2 Å². The zero-order valence-corrected chi connectivity index (χ0v) is 12.2. The smallest absolute Gasteiger partial charge is 0.232 e. The highest BCUT2D eigenvalue weighted by atomic mass is 16.5. The quantitative estimate of drug-likeness (QED) is 0.664. The average Bonchev–Trinajstić information content (AvgIpc) is 3.03. The topological polar surface area (TPSA) is 52.3 Å². The van der Waals surface area contributed by atoms with Gasteiger partial charge in [0.25, 0.3) is 0 Å². The fraction of sp³-hybridized carbons (Fsp3) is 0.111. The number of hydrogen-bond acceptors (Lipinski definition) is 4. The Bertz CT molecular complexity index is 761. The van der Waals surface area contributed by atoms with E-state index in [-0.39, 0.29) is 12.4 Å². The molecule has 1 heterocycles. The first-order valence-electron chi connectivity index (χ1n) is 6.96. The van der Waals surface area contributed by atoms with Crippen LogP contribution in [0.2, 0.25) is 0 Å². The first-order chi connectivity index (χ1) is 10.7. The molecule has 0 atom stereocenters. The predicted octanol–water partition coefficient (Wildman–Crippen LogP) is 4.12. The van der Waals surface area contributed by atoms with Crippen LogP contribution in [-0.4, -0.2) is 10.8 Å². The summed E-state index contributed by atoms with van der Waals surface area (Å²) in [6.45, 7) is 1.78. The molecular formula is C18H15NO3. The predicted molar refractivity (Wildman–Crippen MR) is 82.7 cm³/mol. The molecule has 0 saturated carbocycles. The second kappa shape index (κ2) is 6.26. The van der Waals surface area contributed by atoms with E-state index in [1.54, 1.807) is 30.5 Å². The maximum Gasteiger partial charge on any atom is 0.232 e. The number of oxazole rings is 1. The number of carbonyl (C=O) groups is 1. The Labute approximate surface area is 128 Å². The number of carbonyl (C=O) groups excluding carboxylic acids is 1. The number of ether oxygens (including phenoxy) is 1. The normalized spacial score (nSPS) is 10.4. The lowest BCUT2D eigenvalue weighted by Gasteiger charge is -2.04. The summed E-state index contributed by atoms with van der Waals surface area (Å²) >= 11 is 0. The lowest BCUT2D eigenvalue weighted by molar-refractivity contribution is 0.101. The van der Waals surface area contributed by atoms with Gasteiger partial charge in [-0.25, -0.2) is 4.98 Å². The molecule has 0 saturated heterocycles. The molecule has 0 spiro atoms. The fourth-order valence-electron chi connectivity index (χ4n) is 2.04. The van der Waals surface area contributed by atoms with Gasteiger partial charge in [-0.3, -0.25) is 4.79 Å².